The third-order valence-electron chi connectivity index (χ3n) is 5.53. The number of anilines is 1. The smallest absolute Gasteiger partial charge is 0.178 e. The molecule has 1 saturated heterocycles. The van der Waals surface area contributed by atoms with E-state index >= 15 is 0 Å². The monoisotopic (exact) mass is 314 g/mol. The van der Waals surface area contributed by atoms with Gasteiger partial charge in [0.25, 0.3) is 0 Å². The van der Waals surface area contributed by atoms with Crippen LogP contribution in [0.1, 0.15) is 45.4 Å². The summed E-state index contributed by atoms with van der Waals surface area (Å²) in [4.78, 5) is 4.96. The van der Waals surface area contributed by atoms with E-state index in [1.807, 2.05) is 4.52 Å². The first-order valence-corrected chi connectivity index (χ1v) is 8.92. The Kier molecular flexibility index (Phi) is 3.71. The summed E-state index contributed by atoms with van der Waals surface area (Å²) in [7, 11) is 0. The van der Waals surface area contributed by atoms with E-state index in [4.69, 9.17) is 5.10 Å². The molecule has 4 rings (SSSR count). The molecule has 2 aliphatic rings. The number of hydrogen-bond acceptors (Lipinski definition) is 5. The highest BCUT2D eigenvalue weighted by molar-refractivity contribution is 5.47. The maximum Gasteiger partial charge on any atom is 0.178 e. The fraction of sp³-hybridized carbons (Fsp3) is 0.706. The van der Waals surface area contributed by atoms with Gasteiger partial charge in [0.2, 0.25) is 0 Å². The van der Waals surface area contributed by atoms with Crippen molar-refractivity contribution < 1.29 is 0 Å². The van der Waals surface area contributed by atoms with Crippen LogP contribution in [0.25, 0.3) is 5.65 Å². The SMILES string of the molecule is CCN(CC)C1CCN(c2ccc3nnc(C4CC4C)n3n2)C1. The highest BCUT2D eigenvalue weighted by Crippen LogP contribution is 2.45. The Labute approximate surface area is 137 Å². The lowest BCUT2D eigenvalue weighted by molar-refractivity contribution is 0.232. The lowest BCUT2D eigenvalue weighted by atomic mass is 10.2. The van der Waals surface area contributed by atoms with Gasteiger partial charge >= 0.3 is 0 Å². The van der Waals surface area contributed by atoms with Crippen LogP contribution >= 0.6 is 0 Å². The summed E-state index contributed by atoms with van der Waals surface area (Å²) in [5.74, 6) is 3.34. The molecule has 0 amide bonds. The van der Waals surface area contributed by atoms with Gasteiger partial charge in [0.15, 0.2) is 11.5 Å². The largest absolute Gasteiger partial charge is 0.354 e. The van der Waals surface area contributed by atoms with Crippen molar-refractivity contribution in [2.45, 2.75) is 45.6 Å². The maximum atomic E-state index is 4.86. The zero-order valence-electron chi connectivity index (χ0n) is 14.3. The first-order valence-electron chi connectivity index (χ1n) is 8.92. The molecular weight excluding hydrogens is 288 g/mol. The Morgan fingerprint density at radius 3 is 2.70 bits per heavy atom. The molecule has 0 radical (unpaired) electrons. The van der Waals surface area contributed by atoms with E-state index in [0.29, 0.717) is 17.9 Å². The average Bonchev–Trinajstić information content (AvgIpc) is 2.99. The highest BCUT2D eigenvalue weighted by atomic mass is 15.4. The van der Waals surface area contributed by atoms with E-state index < -0.39 is 0 Å². The van der Waals surface area contributed by atoms with Crippen molar-refractivity contribution >= 4 is 11.5 Å². The normalized spacial score (nSPS) is 27.3. The third-order valence-corrected chi connectivity index (χ3v) is 5.53. The van der Waals surface area contributed by atoms with Gasteiger partial charge in [-0.15, -0.1) is 15.3 Å². The van der Waals surface area contributed by atoms with E-state index in [2.05, 4.69) is 52.9 Å². The van der Waals surface area contributed by atoms with E-state index in [1.165, 1.54) is 12.8 Å². The summed E-state index contributed by atoms with van der Waals surface area (Å²) in [5, 5.41) is 13.5. The number of fused-ring (bicyclic) bond motifs is 1. The molecule has 1 aliphatic carbocycles. The molecule has 0 N–H and O–H groups in total. The first-order chi connectivity index (χ1) is 11.2. The van der Waals surface area contributed by atoms with Gasteiger partial charge in [-0.3, -0.25) is 4.90 Å². The number of likely N-dealkylation sites (N-methyl/N-ethyl adjacent to an activating group) is 1. The lowest BCUT2D eigenvalue weighted by Gasteiger charge is -2.26. The molecule has 3 heterocycles. The van der Waals surface area contributed by atoms with Crippen LogP contribution in [-0.2, 0) is 0 Å². The molecule has 3 unspecified atom stereocenters. The molecule has 0 spiro atoms. The van der Waals surface area contributed by atoms with Crippen molar-refractivity contribution in [3.63, 3.8) is 0 Å². The van der Waals surface area contributed by atoms with Gasteiger partial charge in [0.05, 0.1) is 0 Å². The molecule has 2 fully saturated rings. The first kappa shape index (κ1) is 14.9. The quantitative estimate of drug-likeness (QED) is 0.846. The Balaban J connectivity index is 1.57. The Morgan fingerprint density at radius 1 is 1.22 bits per heavy atom. The summed E-state index contributed by atoms with van der Waals surface area (Å²) < 4.78 is 1.97. The number of nitrogens with zero attached hydrogens (tertiary/aromatic N) is 6. The van der Waals surface area contributed by atoms with Crippen molar-refractivity contribution in [1.29, 1.82) is 0 Å². The van der Waals surface area contributed by atoms with Crippen molar-refractivity contribution in [3.8, 4) is 0 Å². The van der Waals surface area contributed by atoms with Gasteiger partial charge in [-0.25, -0.2) is 0 Å². The minimum atomic E-state index is 0.537. The van der Waals surface area contributed by atoms with Gasteiger partial charge in [0, 0.05) is 25.0 Å². The molecule has 2 aromatic rings. The lowest BCUT2D eigenvalue weighted by Crippen LogP contribution is -2.37. The number of aromatic nitrogens is 4. The number of rotatable bonds is 5. The van der Waals surface area contributed by atoms with E-state index in [9.17, 15) is 0 Å². The fourth-order valence-electron chi connectivity index (χ4n) is 3.87. The minimum absolute atomic E-state index is 0.537. The molecule has 23 heavy (non-hydrogen) atoms. The van der Waals surface area contributed by atoms with Crippen LogP contribution < -0.4 is 4.90 Å². The zero-order chi connectivity index (χ0) is 16.0. The van der Waals surface area contributed by atoms with Gasteiger partial charge in [-0.1, -0.05) is 20.8 Å². The molecule has 1 aliphatic heterocycles. The topological polar surface area (TPSA) is 49.6 Å². The van der Waals surface area contributed by atoms with E-state index in [1.54, 1.807) is 0 Å². The molecule has 0 bridgehead atoms. The van der Waals surface area contributed by atoms with Crippen LogP contribution in [0, 0.1) is 5.92 Å². The highest BCUT2D eigenvalue weighted by Gasteiger charge is 2.38. The summed E-state index contributed by atoms with van der Waals surface area (Å²) in [6, 6.07) is 4.79. The summed E-state index contributed by atoms with van der Waals surface area (Å²) in [6.07, 6.45) is 2.43. The van der Waals surface area contributed by atoms with Crippen LogP contribution in [0.5, 0.6) is 0 Å². The second kappa shape index (κ2) is 5.74. The third kappa shape index (κ3) is 2.59. The fourth-order valence-corrected chi connectivity index (χ4v) is 3.87. The summed E-state index contributed by atoms with van der Waals surface area (Å²) >= 11 is 0. The van der Waals surface area contributed by atoms with Crippen LogP contribution in [0.15, 0.2) is 12.1 Å². The standard InChI is InChI=1S/C17H26N6/c1-4-21(5-2)13-8-9-22(11-13)16-7-6-15-18-19-17(23(15)20-16)14-10-12(14)3/h6-7,12-14H,4-5,8-11H2,1-3H3. The molecule has 6 heteroatoms. The second-order valence-corrected chi connectivity index (χ2v) is 6.95. The van der Waals surface area contributed by atoms with Crippen LogP contribution in [0.3, 0.4) is 0 Å². The summed E-state index contributed by atoms with van der Waals surface area (Å²) in [5.41, 5.74) is 0.863. The predicted octanol–water partition coefficient (Wildman–Crippen LogP) is 2.17. The molecular formula is C17H26N6. The van der Waals surface area contributed by atoms with Crippen molar-refractivity contribution in [3.05, 3.63) is 18.0 Å². The van der Waals surface area contributed by atoms with Gasteiger partial charge in [-0.05, 0) is 44.0 Å². The molecule has 3 atom stereocenters. The molecule has 2 aromatic heterocycles. The molecule has 124 valence electrons. The predicted molar refractivity (Wildman–Crippen MR) is 90.8 cm³/mol. The molecule has 0 aromatic carbocycles. The maximum absolute atomic E-state index is 4.86. The van der Waals surface area contributed by atoms with Crippen LogP contribution in [0.2, 0.25) is 0 Å². The van der Waals surface area contributed by atoms with Gasteiger partial charge < -0.3 is 4.90 Å². The minimum Gasteiger partial charge on any atom is -0.354 e. The van der Waals surface area contributed by atoms with Crippen LogP contribution in [0.4, 0.5) is 5.82 Å². The van der Waals surface area contributed by atoms with Crippen molar-refractivity contribution in [1.82, 2.24) is 24.7 Å². The Bertz CT molecular complexity index is 691. The van der Waals surface area contributed by atoms with E-state index in [-0.39, 0.29) is 0 Å². The Hall–Kier alpha value is -1.69. The van der Waals surface area contributed by atoms with Crippen molar-refractivity contribution in [2.24, 2.45) is 5.92 Å². The van der Waals surface area contributed by atoms with Crippen LogP contribution in [-0.4, -0.2) is 56.9 Å². The Morgan fingerprint density at radius 2 is 2.00 bits per heavy atom. The second-order valence-electron chi connectivity index (χ2n) is 6.95. The van der Waals surface area contributed by atoms with Gasteiger partial charge in [-0.2, -0.15) is 4.52 Å². The van der Waals surface area contributed by atoms with Gasteiger partial charge in [0.1, 0.15) is 5.82 Å². The van der Waals surface area contributed by atoms with E-state index in [0.717, 1.165) is 43.5 Å². The average molecular weight is 314 g/mol. The van der Waals surface area contributed by atoms with Crippen molar-refractivity contribution in [2.75, 3.05) is 31.1 Å². The molecule has 6 nitrogen and oxygen atoms in total. The molecule has 1 saturated carbocycles. The summed E-state index contributed by atoms with van der Waals surface area (Å²) in [6.45, 7) is 11.2. The number of hydrogen-bond donors (Lipinski definition) is 0. The zero-order valence-corrected chi connectivity index (χ0v) is 14.3.